The van der Waals surface area contributed by atoms with Gasteiger partial charge in [0.15, 0.2) is 0 Å². The van der Waals surface area contributed by atoms with Crippen LogP contribution in [0.25, 0.3) is 0 Å². The monoisotopic (exact) mass is 190 g/mol. The van der Waals surface area contributed by atoms with Gasteiger partial charge in [-0.25, -0.2) is 5.43 Å². The van der Waals surface area contributed by atoms with Crippen molar-refractivity contribution in [1.82, 2.24) is 5.43 Å². The summed E-state index contributed by atoms with van der Waals surface area (Å²) in [7, 11) is 1.69. The average Bonchev–Trinajstić information content (AvgIpc) is 2.65. The number of hydrogen-bond donors (Lipinski definition) is 1. The molecule has 3 nitrogen and oxygen atoms in total. The van der Waals surface area contributed by atoms with Crippen molar-refractivity contribution in [2.24, 2.45) is 0 Å². The minimum Gasteiger partial charge on any atom is -0.495 e. The van der Waals surface area contributed by atoms with Gasteiger partial charge in [-0.2, -0.15) is 0 Å². The zero-order chi connectivity index (χ0) is 9.97. The molecule has 14 heavy (non-hydrogen) atoms. The fourth-order valence-electron chi connectivity index (χ4n) is 1.51. The summed E-state index contributed by atoms with van der Waals surface area (Å²) in [6.45, 7) is 3.00. The SMILES string of the molecule is COc1ccccc1N1C=C(C)CN1. The van der Waals surface area contributed by atoms with Crippen molar-refractivity contribution in [3.63, 3.8) is 0 Å². The molecule has 0 aliphatic carbocycles. The van der Waals surface area contributed by atoms with Gasteiger partial charge < -0.3 is 4.74 Å². The van der Waals surface area contributed by atoms with Crippen molar-refractivity contribution in [3.05, 3.63) is 36.0 Å². The highest BCUT2D eigenvalue weighted by atomic mass is 16.5. The van der Waals surface area contributed by atoms with Gasteiger partial charge in [0.1, 0.15) is 5.75 Å². The maximum atomic E-state index is 5.28. The third kappa shape index (κ3) is 1.59. The predicted octanol–water partition coefficient (Wildman–Crippen LogP) is 1.92. The second-order valence-electron chi connectivity index (χ2n) is 3.35. The molecule has 2 rings (SSSR count). The van der Waals surface area contributed by atoms with Gasteiger partial charge in [0.2, 0.25) is 0 Å². The summed E-state index contributed by atoms with van der Waals surface area (Å²) in [4.78, 5) is 0. The van der Waals surface area contributed by atoms with Crippen LogP contribution in [0.2, 0.25) is 0 Å². The molecule has 1 aliphatic rings. The van der Waals surface area contributed by atoms with E-state index in [1.807, 2.05) is 29.3 Å². The molecule has 1 aliphatic heterocycles. The number of rotatable bonds is 2. The standard InChI is InChI=1S/C11H14N2O/c1-9-7-12-13(8-9)10-5-3-4-6-11(10)14-2/h3-6,8,12H,7H2,1-2H3. The lowest BCUT2D eigenvalue weighted by molar-refractivity contribution is 0.414. The number of para-hydroxylation sites is 2. The van der Waals surface area contributed by atoms with E-state index in [1.165, 1.54) is 5.57 Å². The Morgan fingerprint density at radius 1 is 1.36 bits per heavy atom. The molecular formula is C11H14N2O. The second kappa shape index (κ2) is 3.72. The lowest BCUT2D eigenvalue weighted by Gasteiger charge is -2.18. The Morgan fingerprint density at radius 3 is 2.79 bits per heavy atom. The van der Waals surface area contributed by atoms with Gasteiger partial charge in [-0.1, -0.05) is 12.1 Å². The minimum atomic E-state index is 0.881. The molecular weight excluding hydrogens is 176 g/mol. The summed E-state index contributed by atoms with van der Waals surface area (Å²) < 4.78 is 5.28. The van der Waals surface area contributed by atoms with Crippen LogP contribution in [-0.4, -0.2) is 13.7 Å². The first kappa shape index (κ1) is 9.09. The van der Waals surface area contributed by atoms with Gasteiger partial charge in [0.25, 0.3) is 0 Å². The van der Waals surface area contributed by atoms with Crippen LogP contribution in [0.15, 0.2) is 36.0 Å². The number of nitrogens with zero attached hydrogens (tertiary/aromatic N) is 1. The van der Waals surface area contributed by atoms with Crippen LogP contribution in [0, 0.1) is 0 Å². The van der Waals surface area contributed by atoms with Crippen LogP contribution in [0.3, 0.4) is 0 Å². The van der Waals surface area contributed by atoms with Crippen molar-refractivity contribution < 1.29 is 4.74 Å². The van der Waals surface area contributed by atoms with Crippen LogP contribution < -0.4 is 15.2 Å². The first-order chi connectivity index (χ1) is 6.81. The molecule has 0 bridgehead atoms. The normalized spacial score (nSPS) is 15.6. The summed E-state index contributed by atoms with van der Waals surface area (Å²) in [6.07, 6.45) is 2.08. The van der Waals surface area contributed by atoms with Gasteiger partial charge >= 0.3 is 0 Å². The zero-order valence-corrected chi connectivity index (χ0v) is 8.45. The zero-order valence-electron chi connectivity index (χ0n) is 8.45. The largest absolute Gasteiger partial charge is 0.495 e. The Labute approximate surface area is 84.0 Å². The number of nitrogens with one attached hydrogen (secondary N) is 1. The number of benzene rings is 1. The Kier molecular flexibility index (Phi) is 2.41. The fourth-order valence-corrected chi connectivity index (χ4v) is 1.51. The molecule has 0 saturated heterocycles. The van der Waals surface area contributed by atoms with E-state index in [2.05, 4.69) is 18.5 Å². The van der Waals surface area contributed by atoms with E-state index in [4.69, 9.17) is 4.74 Å². The van der Waals surface area contributed by atoms with E-state index in [-0.39, 0.29) is 0 Å². The first-order valence-electron chi connectivity index (χ1n) is 4.64. The molecule has 1 N–H and O–H groups in total. The van der Waals surface area contributed by atoms with Crippen molar-refractivity contribution in [2.45, 2.75) is 6.92 Å². The molecule has 0 fully saturated rings. The summed E-state index contributed by atoms with van der Waals surface area (Å²) in [5.74, 6) is 0.881. The van der Waals surface area contributed by atoms with E-state index in [0.29, 0.717) is 0 Å². The first-order valence-corrected chi connectivity index (χ1v) is 4.64. The van der Waals surface area contributed by atoms with Gasteiger partial charge in [0, 0.05) is 12.7 Å². The minimum absolute atomic E-state index is 0.881. The third-order valence-electron chi connectivity index (χ3n) is 2.22. The van der Waals surface area contributed by atoms with Crippen LogP contribution in [-0.2, 0) is 0 Å². The molecule has 74 valence electrons. The molecule has 0 radical (unpaired) electrons. The van der Waals surface area contributed by atoms with Crippen LogP contribution in [0.4, 0.5) is 5.69 Å². The lowest BCUT2D eigenvalue weighted by atomic mass is 10.3. The summed E-state index contributed by atoms with van der Waals surface area (Å²) >= 11 is 0. The third-order valence-corrected chi connectivity index (χ3v) is 2.22. The number of hydrazine groups is 1. The molecule has 0 atom stereocenters. The lowest BCUT2D eigenvalue weighted by Crippen LogP contribution is -2.28. The van der Waals surface area contributed by atoms with Gasteiger partial charge in [-0.15, -0.1) is 0 Å². The molecule has 1 aromatic carbocycles. The maximum Gasteiger partial charge on any atom is 0.143 e. The Bertz CT molecular complexity index is 360. The Morgan fingerprint density at radius 2 is 2.14 bits per heavy atom. The number of anilines is 1. The van der Waals surface area contributed by atoms with E-state index in [0.717, 1.165) is 18.0 Å². The fraction of sp³-hybridized carbons (Fsp3) is 0.273. The molecule has 0 amide bonds. The Hall–Kier alpha value is -1.48. The van der Waals surface area contributed by atoms with Gasteiger partial charge in [-0.3, -0.25) is 5.01 Å². The quantitative estimate of drug-likeness (QED) is 0.771. The Balaban J connectivity index is 2.32. The van der Waals surface area contributed by atoms with Gasteiger partial charge in [0.05, 0.1) is 12.8 Å². The van der Waals surface area contributed by atoms with Crippen LogP contribution >= 0.6 is 0 Å². The smallest absolute Gasteiger partial charge is 0.143 e. The highest BCUT2D eigenvalue weighted by Gasteiger charge is 2.13. The van der Waals surface area contributed by atoms with Crippen LogP contribution in [0.1, 0.15) is 6.92 Å². The van der Waals surface area contributed by atoms with Crippen molar-refractivity contribution >= 4 is 5.69 Å². The van der Waals surface area contributed by atoms with Crippen LogP contribution in [0.5, 0.6) is 5.75 Å². The molecule has 1 heterocycles. The molecule has 3 heteroatoms. The average molecular weight is 190 g/mol. The van der Waals surface area contributed by atoms with E-state index < -0.39 is 0 Å². The molecule has 0 spiro atoms. The summed E-state index contributed by atoms with van der Waals surface area (Å²) in [6, 6.07) is 7.95. The highest BCUT2D eigenvalue weighted by molar-refractivity contribution is 5.60. The molecule has 0 unspecified atom stereocenters. The summed E-state index contributed by atoms with van der Waals surface area (Å²) in [5, 5.41) is 1.99. The topological polar surface area (TPSA) is 24.5 Å². The number of hydrogen-bond acceptors (Lipinski definition) is 3. The van der Waals surface area contributed by atoms with Crippen molar-refractivity contribution in [2.75, 3.05) is 18.7 Å². The summed E-state index contributed by atoms with van der Waals surface area (Å²) in [5.41, 5.74) is 5.62. The predicted molar refractivity (Wildman–Crippen MR) is 57.2 cm³/mol. The number of methoxy groups -OCH3 is 1. The van der Waals surface area contributed by atoms with E-state index in [9.17, 15) is 0 Å². The van der Waals surface area contributed by atoms with Crippen molar-refractivity contribution in [1.29, 1.82) is 0 Å². The van der Waals surface area contributed by atoms with E-state index >= 15 is 0 Å². The molecule has 1 aromatic rings. The maximum absolute atomic E-state index is 5.28. The van der Waals surface area contributed by atoms with Gasteiger partial charge in [-0.05, 0) is 24.6 Å². The molecule has 0 aromatic heterocycles. The van der Waals surface area contributed by atoms with E-state index in [1.54, 1.807) is 7.11 Å². The second-order valence-corrected chi connectivity index (χ2v) is 3.35. The number of ether oxygens (including phenoxy) is 1. The highest BCUT2D eigenvalue weighted by Crippen LogP contribution is 2.28. The molecule has 0 saturated carbocycles. The van der Waals surface area contributed by atoms with Crippen molar-refractivity contribution in [3.8, 4) is 5.75 Å².